The largest absolute Gasteiger partial charge is 0.478 e. The van der Waals surface area contributed by atoms with Crippen molar-refractivity contribution in [3.63, 3.8) is 0 Å². The fraction of sp³-hybridized carbons (Fsp3) is 0.615. The summed E-state index contributed by atoms with van der Waals surface area (Å²) in [6, 6.07) is 0. The molecule has 1 unspecified atom stereocenters. The van der Waals surface area contributed by atoms with Gasteiger partial charge in [0.15, 0.2) is 5.82 Å². The quantitative estimate of drug-likeness (QED) is 0.888. The highest BCUT2D eigenvalue weighted by atomic mass is 16.5. The number of carboxylic acid groups (broad SMARTS) is 1. The lowest BCUT2D eigenvalue weighted by Crippen LogP contribution is -2.36. The summed E-state index contributed by atoms with van der Waals surface area (Å²) in [5.74, 6) is -0.383. The van der Waals surface area contributed by atoms with Crippen LogP contribution in [0.2, 0.25) is 0 Å². The number of rotatable bonds is 3. The van der Waals surface area contributed by atoms with Crippen molar-refractivity contribution in [1.29, 1.82) is 0 Å². The number of hydrogen-bond donors (Lipinski definition) is 1. The third kappa shape index (κ3) is 3.08. The first-order valence-electron chi connectivity index (χ1n) is 6.39. The Bertz CT molecular complexity index is 476. The maximum Gasteiger partial charge on any atom is 0.339 e. The highest BCUT2D eigenvalue weighted by Gasteiger charge is 2.24. The van der Waals surface area contributed by atoms with Crippen LogP contribution in [0.1, 0.15) is 47.7 Å². The summed E-state index contributed by atoms with van der Waals surface area (Å²) >= 11 is 0. The van der Waals surface area contributed by atoms with Crippen LogP contribution in [0.4, 0.5) is 0 Å². The van der Waals surface area contributed by atoms with Crippen LogP contribution in [-0.2, 0) is 4.74 Å². The van der Waals surface area contributed by atoms with Gasteiger partial charge in [0.05, 0.1) is 17.9 Å². The first-order chi connectivity index (χ1) is 8.99. The molecule has 1 aliphatic heterocycles. The van der Waals surface area contributed by atoms with Gasteiger partial charge in [-0.2, -0.15) is 0 Å². The highest BCUT2D eigenvalue weighted by molar-refractivity contribution is 5.88. The van der Waals surface area contributed by atoms with E-state index >= 15 is 0 Å². The predicted octanol–water partition coefficient (Wildman–Crippen LogP) is 1.30. The number of aromatic nitrogens is 2. The highest BCUT2D eigenvalue weighted by Crippen LogP contribution is 2.22. The maximum atomic E-state index is 11.1. The van der Waals surface area contributed by atoms with Crippen molar-refractivity contribution in [3.05, 3.63) is 23.3 Å². The van der Waals surface area contributed by atoms with Gasteiger partial charge in [0.2, 0.25) is 0 Å². The normalized spacial score (nSPS) is 20.7. The number of aromatic carboxylic acids is 1. The van der Waals surface area contributed by atoms with Crippen LogP contribution in [0, 0.1) is 0 Å². The molecule has 2 heterocycles. The lowest BCUT2D eigenvalue weighted by molar-refractivity contribution is -0.0256. The molecule has 1 N–H and O–H groups in total. The van der Waals surface area contributed by atoms with Gasteiger partial charge < -0.3 is 14.7 Å². The Labute approximate surface area is 112 Å². The molecule has 0 saturated carbocycles. The van der Waals surface area contributed by atoms with Gasteiger partial charge in [-0.1, -0.05) is 13.8 Å². The van der Waals surface area contributed by atoms with Crippen LogP contribution < -0.4 is 0 Å². The lowest BCUT2D eigenvalue weighted by Gasteiger charge is -2.29. The Balaban J connectivity index is 2.32. The van der Waals surface area contributed by atoms with E-state index in [2.05, 4.69) is 14.9 Å². The van der Waals surface area contributed by atoms with Crippen molar-refractivity contribution < 1.29 is 14.6 Å². The number of likely N-dealkylation sites (N-methyl/N-ethyl adjacent to an activating group) is 1. The average molecular weight is 265 g/mol. The van der Waals surface area contributed by atoms with E-state index in [0.29, 0.717) is 18.1 Å². The smallest absolute Gasteiger partial charge is 0.339 e. The monoisotopic (exact) mass is 265 g/mol. The standard InChI is InChI=1S/C13H19N3O3/c1-8(2)11-9(13(17)18)6-14-12(15-11)10-7-16(3)4-5-19-10/h6,8,10H,4-5,7H2,1-3H3,(H,17,18). The summed E-state index contributed by atoms with van der Waals surface area (Å²) in [4.78, 5) is 21.9. The van der Waals surface area contributed by atoms with Crippen molar-refractivity contribution in [2.75, 3.05) is 26.7 Å². The number of morpholine rings is 1. The van der Waals surface area contributed by atoms with Crippen molar-refractivity contribution in [2.45, 2.75) is 25.9 Å². The Kier molecular flexibility index (Phi) is 4.11. The number of ether oxygens (including phenoxy) is 1. The van der Waals surface area contributed by atoms with Gasteiger partial charge in [0, 0.05) is 19.3 Å². The van der Waals surface area contributed by atoms with E-state index < -0.39 is 5.97 Å². The van der Waals surface area contributed by atoms with E-state index in [4.69, 9.17) is 9.84 Å². The summed E-state index contributed by atoms with van der Waals surface area (Å²) < 4.78 is 5.66. The Hall–Kier alpha value is -1.53. The number of carboxylic acids is 1. The zero-order valence-electron chi connectivity index (χ0n) is 11.5. The molecule has 1 fully saturated rings. The fourth-order valence-corrected chi connectivity index (χ4v) is 2.10. The Morgan fingerprint density at radius 2 is 2.32 bits per heavy atom. The fourth-order valence-electron chi connectivity index (χ4n) is 2.10. The van der Waals surface area contributed by atoms with Gasteiger partial charge >= 0.3 is 5.97 Å². The van der Waals surface area contributed by atoms with E-state index in [-0.39, 0.29) is 17.6 Å². The first-order valence-corrected chi connectivity index (χ1v) is 6.39. The number of hydrogen-bond acceptors (Lipinski definition) is 5. The van der Waals surface area contributed by atoms with Crippen molar-refractivity contribution in [3.8, 4) is 0 Å². The third-order valence-corrected chi connectivity index (χ3v) is 3.17. The van der Waals surface area contributed by atoms with E-state index in [1.165, 1.54) is 6.20 Å². The molecule has 6 nitrogen and oxygen atoms in total. The molecule has 1 saturated heterocycles. The summed E-state index contributed by atoms with van der Waals surface area (Å²) in [7, 11) is 2.02. The van der Waals surface area contributed by atoms with E-state index in [9.17, 15) is 4.79 Å². The van der Waals surface area contributed by atoms with Crippen LogP contribution in [-0.4, -0.2) is 52.7 Å². The van der Waals surface area contributed by atoms with Crippen molar-refractivity contribution in [1.82, 2.24) is 14.9 Å². The summed E-state index contributed by atoms with van der Waals surface area (Å²) in [5, 5.41) is 9.14. The second kappa shape index (κ2) is 5.63. The molecule has 1 aromatic rings. The van der Waals surface area contributed by atoms with Crippen LogP contribution in [0.15, 0.2) is 6.20 Å². The predicted molar refractivity (Wildman–Crippen MR) is 69.3 cm³/mol. The van der Waals surface area contributed by atoms with E-state index in [1.54, 1.807) is 0 Å². The maximum absolute atomic E-state index is 11.1. The Morgan fingerprint density at radius 1 is 1.58 bits per heavy atom. The zero-order chi connectivity index (χ0) is 14.0. The number of nitrogens with zero attached hydrogens (tertiary/aromatic N) is 3. The van der Waals surface area contributed by atoms with Gasteiger partial charge in [0.25, 0.3) is 0 Å². The average Bonchev–Trinajstić information content (AvgIpc) is 2.37. The van der Waals surface area contributed by atoms with E-state index in [0.717, 1.165) is 13.1 Å². The Morgan fingerprint density at radius 3 is 2.89 bits per heavy atom. The minimum Gasteiger partial charge on any atom is -0.478 e. The molecule has 0 radical (unpaired) electrons. The van der Waals surface area contributed by atoms with Gasteiger partial charge in [-0.15, -0.1) is 0 Å². The second-order valence-electron chi connectivity index (χ2n) is 5.11. The van der Waals surface area contributed by atoms with Crippen LogP contribution >= 0.6 is 0 Å². The van der Waals surface area contributed by atoms with Crippen molar-refractivity contribution in [2.24, 2.45) is 0 Å². The summed E-state index contributed by atoms with van der Waals surface area (Å²) in [5.41, 5.74) is 0.734. The molecule has 104 valence electrons. The SMILES string of the molecule is CC(C)c1nc(C2CN(C)CCO2)ncc1C(=O)O. The van der Waals surface area contributed by atoms with Gasteiger partial charge in [-0.25, -0.2) is 14.8 Å². The van der Waals surface area contributed by atoms with Gasteiger partial charge in [-0.05, 0) is 13.0 Å². The molecule has 0 bridgehead atoms. The molecule has 0 spiro atoms. The zero-order valence-corrected chi connectivity index (χ0v) is 11.5. The molecule has 1 atom stereocenters. The van der Waals surface area contributed by atoms with Crippen LogP contribution in [0.5, 0.6) is 0 Å². The molecule has 1 aliphatic rings. The molecule has 1 aromatic heterocycles. The van der Waals surface area contributed by atoms with E-state index in [1.807, 2.05) is 20.9 Å². The topological polar surface area (TPSA) is 75.5 Å². The minimum absolute atomic E-state index is 0.0363. The summed E-state index contributed by atoms with van der Waals surface area (Å²) in [6.07, 6.45) is 1.21. The molecule has 0 aliphatic carbocycles. The molecule has 0 aromatic carbocycles. The molecular weight excluding hydrogens is 246 g/mol. The molecule has 2 rings (SSSR count). The van der Waals surface area contributed by atoms with Gasteiger partial charge in [0.1, 0.15) is 6.10 Å². The molecule has 0 amide bonds. The first kappa shape index (κ1) is 13.9. The molecule has 19 heavy (non-hydrogen) atoms. The van der Waals surface area contributed by atoms with Crippen LogP contribution in [0.25, 0.3) is 0 Å². The molecular formula is C13H19N3O3. The minimum atomic E-state index is -0.989. The molecule has 6 heteroatoms. The third-order valence-electron chi connectivity index (χ3n) is 3.17. The number of carbonyl (C=O) groups is 1. The van der Waals surface area contributed by atoms with Crippen molar-refractivity contribution >= 4 is 5.97 Å². The summed E-state index contributed by atoms with van der Waals surface area (Å²) in [6.45, 7) is 6.10. The van der Waals surface area contributed by atoms with Gasteiger partial charge in [-0.3, -0.25) is 0 Å². The van der Waals surface area contributed by atoms with Crippen LogP contribution in [0.3, 0.4) is 0 Å². The lowest BCUT2D eigenvalue weighted by atomic mass is 10.0. The second-order valence-corrected chi connectivity index (χ2v) is 5.11.